The Kier molecular flexibility index (Phi) is 5.11. The molecule has 1 heterocycles. The number of benzene rings is 2. The predicted molar refractivity (Wildman–Crippen MR) is 105 cm³/mol. The predicted octanol–water partition coefficient (Wildman–Crippen LogP) is 4.42. The van der Waals surface area contributed by atoms with Gasteiger partial charge in [0, 0.05) is 11.4 Å². The standard InChI is InChI=1S/C19H18N2O3S2/c1-13-5-8-16(9-6-13)26(23,24)21-15-7-10-17(14(2)12-15)20-19(22)18-4-3-11-25-18/h3-12,21H,1-2H3,(H,20,22). The Morgan fingerprint density at radius 2 is 1.73 bits per heavy atom. The summed E-state index contributed by atoms with van der Waals surface area (Å²) >= 11 is 1.36. The van der Waals surface area contributed by atoms with Crippen LogP contribution in [-0.4, -0.2) is 14.3 Å². The molecular weight excluding hydrogens is 368 g/mol. The molecule has 0 saturated heterocycles. The Hall–Kier alpha value is -2.64. The second-order valence-electron chi connectivity index (χ2n) is 5.88. The van der Waals surface area contributed by atoms with Crippen molar-refractivity contribution in [1.82, 2.24) is 0 Å². The molecule has 3 aromatic rings. The normalized spacial score (nSPS) is 11.2. The topological polar surface area (TPSA) is 75.3 Å². The third-order valence-corrected chi connectivity index (χ3v) is 6.07. The van der Waals surface area contributed by atoms with Crippen LogP contribution < -0.4 is 10.0 Å². The van der Waals surface area contributed by atoms with E-state index in [0.717, 1.165) is 11.1 Å². The zero-order valence-electron chi connectivity index (χ0n) is 14.3. The van der Waals surface area contributed by atoms with Crippen LogP contribution in [0.3, 0.4) is 0 Å². The van der Waals surface area contributed by atoms with E-state index in [1.54, 1.807) is 48.5 Å². The van der Waals surface area contributed by atoms with Crippen molar-refractivity contribution in [3.8, 4) is 0 Å². The van der Waals surface area contributed by atoms with Gasteiger partial charge in [0.2, 0.25) is 0 Å². The molecule has 1 aromatic heterocycles. The van der Waals surface area contributed by atoms with Crippen LogP contribution in [0.4, 0.5) is 11.4 Å². The van der Waals surface area contributed by atoms with Crippen LogP contribution in [0.1, 0.15) is 20.8 Å². The highest BCUT2D eigenvalue weighted by Gasteiger charge is 2.15. The molecular formula is C19H18N2O3S2. The molecule has 26 heavy (non-hydrogen) atoms. The van der Waals surface area contributed by atoms with Gasteiger partial charge in [0.05, 0.1) is 9.77 Å². The first-order valence-corrected chi connectivity index (χ1v) is 10.3. The SMILES string of the molecule is Cc1ccc(S(=O)(=O)Nc2ccc(NC(=O)c3cccs3)c(C)c2)cc1. The van der Waals surface area contributed by atoms with Crippen LogP contribution in [0.25, 0.3) is 0 Å². The number of sulfonamides is 1. The van der Waals surface area contributed by atoms with Crippen molar-refractivity contribution in [2.75, 3.05) is 10.0 Å². The lowest BCUT2D eigenvalue weighted by atomic mass is 10.2. The summed E-state index contributed by atoms with van der Waals surface area (Å²) in [5, 5.41) is 4.67. The molecule has 0 unspecified atom stereocenters. The summed E-state index contributed by atoms with van der Waals surface area (Å²) in [5.41, 5.74) is 2.84. The Labute approximate surface area is 156 Å². The molecule has 2 N–H and O–H groups in total. The molecule has 7 heteroatoms. The Morgan fingerprint density at radius 3 is 2.35 bits per heavy atom. The molecule has 0 radical (unpaired) electrons. The van der Waals surface area contributed by atoms with E-state index in [9.17, 15) is 13.2 Å². The number of carbonyl (C=O) groups excluding carboxylic acids is 1. The first kappa shape index (κ1) is 18.2. The molecule has 5 nitrogen and oxygen atoms in total. The van der Waals surface area contributed by atoms with Crippen molar-refractivity contribution in [1.29, 1.82) is 0 Å². The number of thiophene rings is 1. The van der Waals surface area contributed by atoms with Crippen molar-refractivity contribution in [3.05, 3.63) is 76.0 Å². The lowest BCUT2D eigenvalue weighted by molar-refractivity contribution is 0.103. The number of rotatable bonds is 5. The van der Waals surface area contributed by atoms with E-state index >= 15 is 0 Å². The van der Waals surface area contributed by atoms with Crippen LogP contribution in [0.5, 0.6) is 0 Å². The molecule has 0 aliphatic heterocycles. The van der Waals surface area contributed by atoms with E-state index in [-0.39, 0.29) is 10.8 Å². The number of carbonyl (C=O) groups is 1. The average Bonchev–Trinajstić information content (AvgIpc) is 3.12. The first-order chi connectivity index (χ1) is 12.3. The minimum absolute atomic E-state index is 0.184. The molecule has 0 spiro atoms. The van der Waals surface area contributed by atoms with E-state index in [0.29, 0.717) is 16.3 Å². The van der Waals surface area contributed by atoms with Crippen molar-refractivity contribution in [3.63, 3.8) is 0 Å². The van der Waals surface area contributed by atoms with Gasteiger partial charge in [0.1, 0.15) is 0 Å². The van der Waals surface area contributed by atoms with Crippen LogP contribution in [-0.2, 0) is 10.0 Å². The van der Waals surface area contributed by atoms with Gasteiger partial charge in [0.25, 0.3) is 15.9 Å². The van der Waals surface area contributed by atoms with Gasteiger partial charge in [-0.1, -0.05) is 23.8 Å². The van der Waals surface area contributed by atoms with Crippen molar-refractivity contribution < 1.29 is 13.2 Å². The lowest BCUT2D eigenvalue weighted by Gasteiger charge is -2.12. The number of amides is 1. The van der Waals surface area contributed by atoms with Gasteiger partial charge in [-0.25, -0.2) is 8.42 Å². The minimum atomic E-state index is -3.65. The van der Waals surface area contributed by atoms with Gasteiger partial charge < -0.3 is 5.32 Å². The summed E-state index contributed by atoms with van der Waals surface area (Å²) in [6.07, 6.45) is 0. The highest BCUT2D eigenvalue weighted by atomic mass is 32.2. The smallest absolute Gasteiger partial charge is 0.265 e. The van der Waals surface area contributed by atoms with Gasteiger partial charge in [-0.3, -0.25) is 9.52 Å². The number of anilines is 2. The summed E-state index contributed by atoms with van der Waals surface area (Å²) in [5.74, 6) is -0.184. The maximum Gasteiger partial charge on any atom is 0.265 e. The molecule has 0 aliphatic rings. The maximum atomic E-state index is 12.5. The number of nitrogens with one attached hydrogen (secondary N) is 2. The molecule has 0 aliphatic carbocycles. The van der Waals surface area contributed by atoms with Crippen molar-refractivity contribution in [2.45, 2.75) is 18.7 Å². The summed E-state index contributed by atoms with van der Waals surface area (Å²) < 4.78 is 27.5. The van der Waals surface area contributed by atoms with Gasteiger partial charge in [-0.05, 0) is 61.2 Å². The van der Waals surface area contributed by atoms with E-state index in [1.807, 2.05) is 25.3 Å². The molecule has 0 fully saturated rings. The highest BCUT2D eigenvalue weighted by molar-refractivity contribution is 7.92. The molecule has 1 amide bonds. The molecule has 3 rings (SSSR count). The first-order valence-electron chi connectivity index (χ1n) is 7.90. The fourth-order valence-corrected chi connectivity index (χ4v) is 4.06. The summed E-state index contributed by atoms with van der Waals surface area (Å²) in [7, 11) is -3.65. The third-order valence-electron chi connectivity index (χ3n) is 3.80. The Bertz CT molecular complexity index is 1030. The second-order valence-corrected chi connectivity index (χ2v) is 8.51. The molecule has 0 atom stereocenters. The minimum Gasteiger partial charge on any atom is -0.321 e. The monoisotopic (exact) mass is 386 g/mol. The molecule has 0 bridgehead atoms. The van der Waals surface area contributed by atoms with Gasteiger partial charge in [-0.15, -0.1) is 11.3 Å². The average molecular weight is 386 g/mol. The zero-order valence-corrected chi connectivity index (χ0v) is 15.9. The van der Waals surface area contributed by atoms with E-state index in [4.69, 9.17) is 0 Å². The van der Waals surface area contributed by atoms with E-state index in [2.05, 4.69) is 10.0 Å². The quantitative estimate of drug-likeness (QED) is 0.682. The second kappa shape index (κ2) is 7.31. The summed E-state index contributed by atoms with van der Waals surface area (Å²) in [4.78, 5) is 13.0. The largest absolute Gasteiger partial charge is 0.321 e. The summed E-state index contributed by atoms with van der Waals surface area (Å²) in [6, 6.07) is 15.2. The van der Waals surface area contributed by atoms with Gasteiger partial charge in [-0.2, -0.15) is 0 Å². The number of hydrogen-bond acceptors (Lipinski definition) is 4. The van der Waals surface area contributed by atoms with Gasteiger partial charge >= 0.3 is 0 Å². The molecule has 134 valence electrons. The fraction of sp³-hybridized carbons (Fsp3) is 0.105. The zero-order chi connectivity index (χ0) is 18.7. The van der Waals surface area contributed by atoms with Crippen molar-refractivity contribution >= 4 is 38.6 Å². The third kappa shape index (κ3) is 4.12. The van der Waals surface area contributed by atoms with Crippen LogP contribution >= 0.6 is 11.3 Å². The van der Waals surface area contributed by atoms with E-state index < -0.39 is 10.0 Å². The van der Waals surface area contributed by atoms with Gasteiger partial charge in [0.15, 0.2) is 0 Å². The summed E-state index contributed by atoms with van der Waals surface area (Å²) in [6.45, 7) is 3.71. The molecule has 0 saturated carbocycles. The highest BCUT2D eigenvalue weighted by Crippen LogP contribution is 2.23. The van der Waals surface area contributed by atoms with Crippen LogP contribution in [0.2, 0.25) is 0 Å². The van der Waals surface area contributed by atoms with Crippen molar-refractivity contribution in [2.24, 2.45) is 0 Å². The Morgan fingerprint density at radius 1 is 1.00 bits per heavy atom. The number of hydrogen-bond donors (Lipinski definition) is 2. The van der Waals surface area contributed by atoms with Crippen LogP contribution in [0, 0.1) is 13.8 Å². The maximum absolute atomic E-state index is 12.5. The Balaban J connectivity index is 1.77. The number of aryl methyl sites for hydroxylation is 2. The molecule has 2 aromatic carbocycles. The van der Waals surface area contributed by atoms with Crippen LogP contribution in [0.15, 0.2) is 64.9 Å². The van der Waals surface area contributed by atoms with E-state index in [1.165, 1.54) is 11.3 Å². The fourth-order valence-electron chi connectivity index (χ4n) is 2.39. The lowest BCUT2D eigenvalue weighted by Crippen LogP contribution is -2.14.